The summed E-state index contributed by atoms with van der Waals surface area (Å²) in [4.78, 5) is 67.9. The molecular weight excluding hydrogens is 757 g/mol. The quantitative estimate of drug-likeness (QED) is 0.232. The minimum Gasteiger partial charge on any atom is -0.457 e. The Labute approximate surface area is 350 Å². The van der Waals surface area contributed by atoms with Gasteiger partial charge in [-0.15, -0.1) is 0 Å². The summed E-state index contributed by atoms with van der Waals surface area (Å²) in [6.07, 6.45) is -3.80. The number of rotatable bonds is 11. The van der Waals surface area contributed by atoms with Gasteiger partial charge >= 0.3 is 12.1 Å². The van der Waals surface area contributed by atoms with Gasteiger partial charge in [-0.1, -0.05) is 58.9 Å². The van der Waals surface area contributed by atoms with Crippen molar-refractivity contribution in [3.63, 3.8) is 0 Å². The van der Waals surface area contributed by atoms with Crippen LogP contribution in [0, 0.1) is 23.7 Å². The number of ketones is 2. The van der Waals surface area contributed by atoms with Crippen LogP contribution < -0.4 is 0 Å². The average molecular weight is 825 g/mol. The molecule has 0 spiro atoms. The molecule has 3 aliphatic rings. The van der Waals surface area contributed by atoms with Gasteiger partial charge in [0, 0.05) is 55.9 Å². The van der Waals surface area contributed by atoms with Gasteiger partial charge in [0.05, 0.1) is 35.1 Å². The molecule has 14 nitrogen and oxygen atoms in total. The van der Waals surface area contributed by atoms with Crippen molar-refractivity contribution in [2.24, 2.45) is 23.7 Å². The molecule has 0 unspecified atom stereocenters. The number of para-hydroxylation sites is 1. The Balaban J connectivity index is 1.49. The molecule has 59 heavy (non-hydrogen) atoms. The second-order valence-corrected chi connectivity index (χ2v) is 17.7. The number of hydrogen-bond acceptors (Lipinski definition) is 13. The smallest absolute Gasteiger partial charge is 0.410 e. The van der Waals surface area contributed by atoms with E-state index in [0.717, 1.165) is 16.6 Å². The highest BCUT2D eigenvalue weighted by atomic mass is 16.7. The van der Waals surface area contributed by atoms with Crippen LogP contribution in [0.1, 0.15) is 86.8 Å². The number of pyridine rings is 1. The Morgan fingerprint density at radius 2 is 1.66 bits per heavy atom. The van der Waals surface area contributed by atoms with E-state index in [1.807, 2.05) is 97.1 Å². The number of aliphatic hydroxyl groups excluding tert-OH is 1. The number of ether oxygens (including phenoxy) is 5. The normalized spacial score (nSPS) is 36.5. The van der Waals surface area contributed by atoms with Gasteiger partial charge in [-0.25, -0.2) is 4.79 Å². The fraction of sp³-hybridized carbons (Fsp3) is 0.711. The number of carbonyl (C=O) groups is 4. The third kappa shape index (κ3) is 9.53. The Bertz CT molecular complexity index is 1810. The van der Waals surface area contributed by atoms with Crippen LogP contribution in [-0.4, -0.2) is 144 Å². The number of benzene rings is 1. The first kappa shape index (κ1) is 46.5. The zero-order valence-electron chi connectivity index (χ0n) is 37.2. The first-order valence-electron chi connectivity index (χ1n) is 21.3. The molecule has 5 rings (SSSR count). The van der Waals surface area contributed by atoms with Crippen molar-refractivity contribution in [3.05, 3.63) is 42.1 Å². The number of fused-ring (bicyclic) bond motifs is 2. The van der Waals surface area contributed by atoms with E-state index in [0.29, 0.717) is 19.5 Å². The molecule has 2 aromatic rings. The maximum atomic E-state index is 14.9. The Morgan fingerprint density at radius 3 is 2.31 bits per heavy atom. The van der Waals surface area contributed by atoms with Crippen LogP contribution in [0.5, 0.6) is 0 Å². The number of aliphatic hydroxyl groups is 1. The highest BCUT2D eigenvalue weighted by Crippen LogP contribution is 2.44. The van der Waals surface area contributed by atoms with Crippen molar-refractivity contribution < 1.29 is 48.0 Å². The molecule has 1 aromatic carbocycles. The van der Waals surface area contributed by atoms with Crippen molar-refractivity contribution in [2.75, 3.05) is 41.3 Å². The van der Waals surface area contributed by atoms with E-state index < -0.39 is 83.4 Å². The fourth-order valence-corrected chi connectivity index (χ4v) is 9.83. The molecule has 4 heterocycles. The van der Waals surface area contributed by atoms with Crippen molar-refractivity contribution in [1.29, 1.82) is 0 Å². The van der Waals surface area contributed by atoms with Crippen LogP contribution in [0.25, 0.3) is 10.9 Å². The molecule has 1 amide bonds. The third-order valence-electron chi connectivity index (χ3n) is 13.3. The maximum absolute atomic E-state index is 14.9. The topological polar surface area (TPSA) is 157 Å². The number of nitrogens with zero attached hydrogens (tertiary/aromatic N) is 4. The lowest BCUT2D eigenvalue weighted by atomic mass is 9.72. The minimum absolute atomic E-state index is 0.128. The molecule has 0 radical (unpaired) electrons. The Hall–Kier alpha value is -3.53. The van der Waals surface area contributed by atoms with E-state index in [-0.39, 0.29) is 43.7 Å². The van der Waals surface area contributed by atoms with Crippen molar-refractivity contribution in [1.82, 2.24) is 19.7 Å². The van der Waals surface area contributed by atoms with Crippen LogP contribution in [0.15, 0.2) is 36.4 Å². The number of aromatic nitrogens is 1. The number of methoxy groups -OCH3 is 1. The molecule has 14 heteroatoms. The number of esters is 1. The molecule has 0 aliphatic carbocycles. The lowest BCUT2D eigenvalue weighted by molar-refractivity contribution is -0.295. The Kier molecular flexibility index (Phi) is 15.0. The first-order valence-corrected chi connectivity index (χ1v) is 21.3. The van der Waals surface area contributed by atoms with E-state index in [2.05, 4.69) is 4.90 Å². The maximum Gasteiger partial charge on any atom is 0.410 e. The van der Waals surface area contributed by atoms with E-state index in [4.69, 9.17) is 28.7 Å². The third-order valence-corrected chi connectivity index (χ3v) is 13.3. The van der Waals surface area contributed by atoms with Crippen LogP contribution in [-0.2, 0) is 44.6 Å². The van der Waals surface area contributed by atoms with Gasteiger partial charge < -0.3 is 33.7 Å². The summed E-state index contributed by atoms with van der Waals surface area (Å²) in [6, 6.07) is 10.9. The summed E-state index contributed by atoms with van der Waals surface area (Å²) >= 11 is 0. The van der Waals surface area contributed by atoms with E-state index >= 15 is 0 Å². The molecule has 0 bridgehead atoms. The number of Topliss-reactive ketones (excluding diaryl/α,β-unsaturated/α-hetero) is 2. The molecule has 0 saturated carbocycles. The molecular formula is C45H68N4O10. The average Bonchev–Trinajstić information content (AvgIpc) is 3.51. The molecule has 328 valence electrons. The predicted octanol–water partition coefficient (Wildman–Crippen LogP) is 5.26. The van der Waals surface area contributed by atoms with Crippen molar-refractivity contribution in [2.45, 2.75) is 142 Å². The monoisotopic (exact) mass is 824 g/mol. The van der Waals surface area contributed by atoms with Crippen molar-refractivity contribution in [3.8, 4) is 0 Å². The van der Waals surface area contributed by atoms with Crippen LogP contribution in [0.4, 0.5) is 4.79 Å². The second-order valence-electron chi connectivity index (χ2n) is 17.7. The summed E-state index contributed by atoms with van der Waals surface area (Å²) in [5.41, 5.74) is -0.873. The van der Waals surface area contributed by atoms with Gasteiger partial charge in [0.2, 0.25) is 0 Å². The zero-order chi connectivity index (χ0) is 43.6. The highest BCUT2D eigenvalue weighted by molar-refractivity contribution is 6.00. The number of likely N-dealkylation sites (N-methyl/N-ethyl adjacent to an activating group) is 2. The summed E-state index contributed by atoms with van der Waals surface area (Å²) in [5.74, 6) is -4.96. The number of carbonyl (C=O) groups excluding carboxylic acids is 4. The second kappa shape index (κ2) is 19.0. The van der Waals surface area contributed by atoms with Gasteiger partial charge in [0.15, 0.2) is 17.7 Å². The van der Waals surface area contributed by atoms with Gasteiger partial charge in [0.1, 0.15) is 23.9 Å². The Morgan fingerprint density at radius 1 is 0.966 bits per heavy atom. The summed E-state index contributed by atoms with van der Waals surface area (Å²) < 4.78 is 31.6. The molecule has 3 fully saturated rings. The van der Waals surface area contributed by atoms with Gasteiger partial charge in [-0.3, -0.25) is 29.2 Å². The molecule has 1 N–H and O–H groups in total. The van der Waals surface area contributed by atoms with Crippen LogP contribution in [0.3, 0.4) is 0 Å². The van der Waals surface area contributed by atoms with E-state index in [1.165, 1.54) is 14.0 Å². The van der Waals surface area contributed by atoms with E-state index in [9.17, 15) is 24.3 Å². The summed E-state index contributed by atoms with van der Waals surface area (Å²) in [7, 11) is 7.21. The zero-order valence-corrected chi connectivity index (χ0v) is 37.2. The molecule has 13 atom stereocenters. The summed E-state index contributed by atoms with van der Waals surface area (Å²) in [6.45, 7) is 15.4. The molecule has 3 saturated heterocycles. The number of hydrogen-bond donors (Lipinski definition) is 1. The van der Waals surface area contributed by atoms with Gasteiger partial charge in [-0.2, -0.15) is 0 Å². The standard InChI is InChI=1S/C45H68N4O10/c1-13-35-45(14-2)39(49(43(54)59-45)22-21-48(11)25-32-20-19-31-17-15-16-18-33(31)46-32)28(5)36(50)26(3)24-44(8,55-12)40(29(6)37(51)30(7)41(53)57-35)58-42-38(52)34(47(9)10)23-27(4)56-42/h15-20,26-30,34-35,38-40,42,52H,13-14,21-25H2,1-12H3/t26-,27-,28+,29+,30-,34+,35-,38-,39-,40-,42+,44+,45-/m1/s1. The van der Waals surface area contributed by atoms with E-state index in [1.54, 1.807) is 18.7 Å². The fourth-order valence-electron chi connectivity index (χ4n) is 9.83. The molecule has 3 aliphatic heterocycles. The van der Waals surface area contributed by atoms with Gasteiger partial charge in [-0.05, 0) is 79.7 Å². The van der Waals surface area contributed by atoms with Crippen LogP contribution >= 0.6 is 0 Å². The highest BCUT2D eigenvalue weighted by Gasteiger charge is 2.62. The van der Waals surface area contributed by atoms with Crippen LogP contribution in [0.2, 0.25) is 0 Å². The predicted molar refractivity (Wildman–Crippen MR) is 222 cm³/mol. The minimum atomic E-state index is -1.38. The molecule has 1 aromatic heterocycles. The first-order chi connectivity index (χ1) is 27.8. The summed E-state index contributed by atoms with van der Waals surface area (Å²) in [5, 5.41) is 12.5. The number of amides is 1. The SMILES string of the molecule is CC[C@H]1OC(=O)[C@H](C)C(=O)[C@H](C)[C@@H](O[C@@H]2O[C@H](C)C[C@H](N(C)C)[C@H]2O)[C@@](C)(OC)C[C@@H](C)C(=O)[C@H](C)[C@H]2N(CCN(C)Cc3ccc4ccccc4n3)C(=O)O[C@]12CC. The lowest BCUT2D eigenvalue weighted by Crippen LogP contribution is -2.61. The number of cyclic esters (lactones) is 1. The largest absolute Gasteiger partial charge is 0.457 e. The lowest BCUT2D eigenvalue weighted by Gasteiger charge is -2.47. The van der Waals surface area contributed by atoms with Gasteiger partial charge in [0.25, 0.3) is 0 Å². The van der Waals surface area contributed by atoms with Crippen molar-refractivity contribution >= 4 is 34.5 Å².